The van der Waals surface area contributed by atoms with Gasteiger partial charge in [0.15, 0.2) is 0 Å². The average molecular weight is 489 g/mol. The van der Waals surface area contributed by atoms with Crippen LogP contribution in [0.25, 0.3) is 11.3 Å². The van der Waals surface area contributed by atoms with Gasteiger partial charge in [-0.3, -0.25) is 9.79 Å². The third kappa shape index (κ3) is 5.05. The number of aromatic nitrogens is 1. The van der Waals surface area contributed by atoms with Crippen molar-refractivity contribution in [3.05, 3.63) is 76.4 Å². The third-order valence-corrected chi connectivity index (χ3v) is 4.90. The van der Waals surface area contributed by atoms with Crippen LogP contribution in [-0.4, -0.2) is 35.6 Å². The number of carbonyl (C=O) groups excluding carboxylic acids is 1. The van der Waals surface area contributed by atoms with Crippen molar-refractivity contribution in [1.29, 1.82) is 0 Å². The quantitative estimate of drug-likeness (QED) is 0.392. The highest BCUT2D eigenvalue weighted by Gasteiger charge is 2.13. The predicted molar refractivity (Wildman–Crippen MR) is 125 cm³/mol. The maximum atomic E-state index is 11.6. The van der Waals surface area contributed by atoms with Crippen molar-refractivity contribution < 1.29 is 14.6 Å². The minimum atomic E-state index is -0.708. The SMILES string of the molecule is Br.C=CCN=c1scc(-c2ccc(O)c(C(N)=O)c2)n1N=Cc1ccccc1OC. The number of amides is 1. The molecule has 1 heterocycles. The van der Waals surface area contributed by atoms with Gasteiger partial charge in [-0.25, -0.2) is 4.68 Å². The van der Waals surface area contributed by atoms with Crippen molar-refractivity contribution in [2.45, 2.75) is 0 Å². The van der Waals surface area contributed by atoms with E-state index in [-0.39, 0.29) is 28.3 Å². The molecule has 3 aromatic rings. The summed E-state index contributed by atoms with van der Waals surface area (Å²) in [6.45, 7) is 4.13. The molecule has 0 aliphatic rings. The van der Waals surface area contributed by atoms with Crippen LogP contribution in [0.5, 0.6) is 11.5 Å². The molecule has 1 amide bonds. The molecule has 2 aromatic carbocycles. The Morgan fingerprint density at radius 1 is 1.33 bits per heavy atom. The highest BCUT2D eigenvalue weighted by atomic mass is 79.9. The molecule has 0 atom stereocenters. The van der Waals surface area contributed by atoms with Crippen molar-refractivity contribution >= 4 is 40.4 Å². The molecule has 7 nitrogen and oxygen atoms in total. The number of hydrogen-bond donors (Lipinski definition) is 2. The lowest BCUT2D eigenvalue weighted by Crippen LogP contribution is -2.13. The Kier molecular flexibility index (Phi) is 8.14. The zero-order valence-electron chi connectivity index (χ0n) is 16.2. The molecule has 0 fully saturated rings. The molecule has 3 N–H and O–H groups in total. The molecule has 3 rings (SSSR count). The van der Waals surface area contributed by atoms with E-state index < -0.39 is 5.91 Å². The monoisotopic (exact) mass is 488 g/mol. The van der Waals surface area contributed by atoms with Gasteiger partial charge in [-0.2, -0.15) is 5.10 Å². The highest BCUT2D eigenvalue weighted by molar-refractivity contribution is 8.93. The fourth-order valence-corrected chi connectivity index (χ4v) is 3.49. The van der Waals surface area contributed by atoms with Crippen LogP contribution < -0.4 is 15.3 Å². The number of phenols is 1. The van der Waals surface area contributed by atoms with Crippen molar-refractivity contribution in [3.63, 3.8) is 0 Å². The van der Waals surface area contributed by atoms with Gasteiger partial charge in [-0.05, 0) is 30.3 Å². The van der Waals surface area contributed by atoms with Gasteiger partial charge in [0.2, 0.25) is 4.80 Å². The molecule has 0 bridgehead atoms. The van der Waals surface area contributed by atoms with E-state index in [0.717, 1.165) is 5.56 Å². The molecule has 0 spiro atoms. The van der Waals surface area contributed by atoms with Crippen LogP contribution >= 0.6 is 28.3 Å². The summed E-state index contributed by atoms with van der Waals surface area (Å²) in [6.07, 6.45) is 3.37. The number of hydrogen-bond acceptors (Lipinski definition) is 6. The number of nitrogens with two attached hydrogens (primary N) is 1. The zero-order chi connectivity index (χ0) is 20.8. The number of para-hydroxylation sites is 1. The molecule has 0 aliphatic heterocycles. The minimum absolute atomic E-state index is 0. The summed E-state index contributed by atoms with van der Waals surface area (Å²) in [5, 5.41) is 16.3. The number of ether oxygens (including phenoxy) is 1. The molecular weight excluding hydrogens is 468 g/mol. The molecule has 1 aromatic heterocycles. The second kappa shape index (κ2) is 10.6. The summed E-state index contributed by atoms with van der Waals surface area (Å²) < 4.78 is 7.03. The second-order valence-corrected chi connectivity index (χ2v) is 6.76. The van der Waals surface area contributed by atoms with Crippen LogP contribution in [0, 0.1) is 0 Å². The number of carbonyl (C=O) groups is 1. The van der Waals surface area contributed by atoms with Crippen molar-refractivity contribution in [2.24, 2.45) is 15.8 Å². The van der Waals surface area contributed by atoms with E-state index in [1.165, 1.54) is 23.5 Å². The van der Waals surface area contributed by atoms with Gasteiger partial charge in [-0.15, -0.1) is 34.9 Å². The van der Waals surface area contributed by atoms with E-state index in [9.17, 15) is 9.90 Å². The van der Waals surface area contributed by atoms with Gasteiger partial charge in [0.1, 0.15) is 11.5 Å². The maximum absolute atomic E-state index is 11.6. The zero-order valence-corrected chi connectivity index (χ0v) is 18.7. The Balaban J connectivity index is 0.00000320. The van der Waals surface area contributed by atoms with E-state index >= 15 is 0 Å². The summed E-state index contributed by atoms with van der Waals surface area (Å²) in [5.74, 6) is -0.184. The van der Waals surface area contributed by atoms with E-state index in [1.807, 2.05) is 29.6 Å². The summed E-state index contributed by atoms with van der Waals surface area (Å²) in [4.78, 5) is 16.7. The highest BCUT2D eigenvalue weighted by Crippen LogP contribution is 2.26. The van der Waals surface area contributed by atoms with Gasteiger partial charge in [0.05, 0.1) is 31.1 Å². The Hall–Kier alpha value is -3.17. The van der Waals surface area contributed by atoms with Crippen molar-refractivity contribution in [2.75, 3.05) is 13.7 Å². The number of primary amides is 1. The van der Waals surface area contributed by atoms with Crippen LogP contribution in [0.2, 0.25) is 0 Å². The average Bonchev–Trinajstić information content (AvgIpc) is 3.13. The van der Waals surface area contributed by atoms with Gasteiger partial charge in [0.25, 0.3) is 5.91 Å². The van der Waals surface area contributed by atoms with Crippen molar-refractivity contribution in [3.8, 4) is 22.8 Å². The largest absolute Gasteiger partial charge is 0.507 e. The first kappa shape index (κ1) is 23.1. The number of methoxy groups -OCH3 is 1. The molecule has 30 heavy (non-hydrogen) atoms. The normalized spacial score (nSPS) is 11.3. The molecule has 0 aliphatic carbocycles. The molecular formula is C21H21BrN4O3S. The van der Waals surface area contributed by atoms with E-state index in [0.29, 0.717) is 28.4 Å². The lowest BCUT2D eigenvalue weighted by molar-refractivity contribution is 0.0998. The smallest absolute Gasteiger partial charge is 0.252 e. The molecule has 0 unspecified atom stereocenters. The molecule has 9 heteroatoms. The van der Waals surface area contributed by atoms with Crippen LogP contribution in [0.4, 0.5) is 0 Å². The number of benzene rings is 2. The third-order valence-electron chi connectivity index (χ3n) is 4.05. The van der Waals surface area contributed by atoms with E-state index in [1.54, 1.807) is 30.1 Å². The number of halogens is 1. The summed E-state index contributed by atoms with van der Waals surface area (Å²) in [7, 11) is 1.60. The Bertz CT molecular complexity index is 1150. The summed E-state index contributed by atoms with van der Waals surface area (Å²) in [5.41, 5.74) is 7.58. The van der Waals surface area contributed by atoms with Crippen LogP contribution in [-0.2, 0) is 0 Å². The Labute approximate surface area is 188 Å². The molecule has 0 saturated heterocycles. The standard InChI is InChI=1S/C21H20N4O3S.BrH/c1-3-10-23-21-25(24-12-15-6-4-5-7-19(15)28-2)17(13-29-21)14-8-9-18(26)16(11-14)20(22)27;/h3-9,11-13,26H,1,10H2,2H3,(H2,22,27);1H. The number of nitrogens with zero attached hydrogens (tertiary/aromatic N) is 3. The lowest BCUT2D eigenvalue weighted by atomic mass is 10.1. The molecule has 156 valence electrons. The van der Waals surface area contributed by atoms with Crippen LogP contribution in [0.3, 0.4) is 0 Å². The number of rotatable bonds is 7. The van der Waals surface area contributed by atoms with Gasteiger partial charge < -0.3 is 15.6 Å². The topological polar surface area (TPSA) is 102 Å². The summed E-state index contributed by atoms with van der Waals surface area (Å²) >= 11 is 1.40. The van der Waals surface area contributed by atoms with Crippen LogP contribution in [0.1, 0.15) is 15.9 Å². The fourth-order valence-electron chi connectivity index (χ4n) is 2.65. The Morgan fingerprint density at radius 2 is 2.10 bits per heavy atom. The van der Waals surface area contributed by atoms with E-state index in [4.69, 9.17) is 10.5 Å². The predicted octanol–water partition coefficient (Wildman–Crippen LogP) is 3.58. The van der Waals surface area contributed by atoms with Gasteiger partial charge in [0, 0.05) is 16.5 Å². The second-order valence-electron chi connectivity index (χ2n) is 5.93. The number of thiazole rings is 1. The molecule has 0 saturated carbocycles. The summed E-state index contributed by atoms with van der Waals surface area (Å²) in [6, 6.07) is 12.2. The molecule has 0 radical (unpaired) electrons. The van der Waals surface area contributed by atoms with Crippen LogP contribution in [0.15, 0.2) is 70.6 Å². The van der Waals surface area contributed by atoms with Gasteiger partial charge in [-0.1, -0.05) is 18.2 Å². The number of aromatic hydroxyl groups is 1. The first-order chi connectivity index (χ1) is 14.0. The minimum Gasteiger partial charge on any atom is -0.507 e. The van der Waals surface area contributed by atoms with Gasteiger partial charge >= 0.3 is 0 Å². The van der Waals surface area contributed by atoms with E-state index in [2.05, 4.69) is 16.7 Å². The maximum Gasteiger partial charge on any atom is 0.252 e. The first-order valence-corrected chi connectivity index (χ1v) is 9.55. The van der Waals surface area contributed by atoms with Crippen molar-refractivity contribution in [1.82, 2.24) is 4.68 Å². The Morgan fingerprint density at radius 3 is 2.80 bits per heavy atom. The first-order valence-electron chi connectivity index (χ1n) is 8.67. The lowest BCUT2D eigenvalue weighted by Gasteiger charge is -2.07. The fraction of sp³-hybridized carbons (Fsp3) is 0.0952.